The van der Waals surface area contributed by atoms with Gasteiger partial charge in [-0.3, -0.25) is 9.59 Å². The van der Waals surface area contributed by atoms with E-state index in [9.17, 15) is 9.59 Å². The number of nitrogens with zero attached hydrogens (tertiary/aromatic N) is 1. The second kappa shape index (κ2) is 8.71. The van der Waals surface area contributed by atoms with Crippen LogP contribution in [-0.4, -0.2) is 42.9 Å². The van der Waals surface area contributed by atoms with E-state index in [0.29, 0.717) is 41.3 Å². The fraction of sp³-hybridized carbons (Fsp3) is 0.167. The fourth-order valence-electron chi connectivity index (χ4n) is 3.37. The Morgan fingerprint density at radius 2 is 1.57 bits per heavy atom. The summed E-state index contributed by atoms with van der Waals surface area (Å²) in [6.45, 7) is 0.697. The SMILES string of the molecule is CN(C[C@@H]1COc2ccccc2O1)C(=O)c1ccccc1C(=O)c1ccc(Br)cc1. The number of benzene rings is 3. The number of hydrogen-bond donors (Lipinski definition) is 0. The van der Waals surface area contributed by atoms with Crippen molar-refractivity contribution in [2.24, 2.45) is 0 Å². The molecule has 0 radical (unpaired) electrons. The zero-order valence-corrected chi connectivity index (χ0v) is 18.0. The van der Waals surface area contributed by atoms with E-state index in [1.54, 1.807) is 48.3 Å². The van der Waals surface area contributed by atoms with Gasteiger partial charge in [-0.1, -0.05) is 46.3 Å². The maximum absolute atomic E-state index is 13.1. The van der Waals surface area contributed by atoms with E-state index in [-0.39, 0.29) is 17.8 Å². The van der Waals surface area contributed by atoms with Gasteiger partial charge in [-0.05, 0) is 42.5 Å². The van der Waals surface area contributed by atoms with Crippen molar-refractivity contribution in [2.75, 3.05) is 20.2 Å². The standard InChI is InChI=1S/C24H20BrNO4/c1-26(14-18-15-29-21-8-4-5-9-22(21)30-18)24(28)20-7-3-2-6-19(20)23(27)16-10-12-17(25)13-11-16/h2-13,18H,14-15H2,1H3/t18-/m1/s1. The summed E-state index contributed by atoms with van der Waals surface area (Å²) in [7, 11) is 1.70. The summed E-state index contributed by atoms with van der Waals surface area (Å²) in [5.74, 6) is 0.943. The molecule has 1 aliphatic rings. The van der Waals surface area contributed by atoms with Crippen molar-refractivity contribution in [2.45, 2.75) is 6.10 Å². The van der Waals surface area contributed by atoms with E-state index in [4.69, 9.17) is 9.47 Å². The molecule has 0 N–H and O–H groups in total. The smallest absolute Gasteiger partial charge is 0.254 e. The minimum Gasteiger partial charge on any atom is -0.486 e. The Kier molecular flexibility index (Phi) is 5.86. The molecule has 3 aromatic rings. The molecule has 1 amide bonds. The topological polar surface area (TPSA) is 55.8 Å². The van der Waals surface area contributed by atoms with Crippen LogP contribution in [0.5, 0.6) is 11.5 Å². The summed E-state index contributed by atoms with van der Waals surface area (Å²) in [6.07, 6.45) is -0.289. The molecule has 3 aromatic carbocycles. The molecule has 0 saturated carbocycles. The lowest BCUT2D eigenvalue weighted by molar-refractivity contribution is 0.0519. The first-order valence-corrected chi connectivity index (χ1v) is 10.4. The Morgan fingerprint density at radius 1 is 0.933 bits per heavy atom. The number of likely N-dealkylation sites (N-methyl/N-ethyl adjacent to an activating group) is 1. The maximum atomic E-state index is 13.1. The van der Waals surface area contributed by atoms with Crippen molar-refractivity contribution in [1.82, 2.24) is 4.90 Å². The summed E-state index contributed by atoms with van der Waals surface area (Å²) in [5, 5.41) is 0. The quantitative estimate of drug-likeness (QED) is 0.517. The Labute approximate surface area is 183 Å². The summed E-state index contributed by atoms with van der Waals surface area (Å²) >= 11 is 3.37. The van der Waals surface area contributed by atoms with E-state index in [1.807, 2.05) is 36.4 Å². The number of para-hydroxylation sites is 2. The van der Waals surface area contributed by atoms with Crippen LogP contribution in [-0.2, 0) is 0 Å². The molecular weight excluding hydrogens is 446 g/mol. The lowest BCUT2D eigenvalue weighted by Gasteiger charge is -2.29. The first-order chi connectivity index (χ1) is 14.5. The predicted molar refractivity (Wildman–Crippen MR) is 117 cm³/mol. The first-order valence-electron chi connectivity index (χ1n) is 9.56. The summed E-state index contributed by atoms with van der Waals surface area (Å²) in [4.78, 5) is 27.7. The average molecular weight is 466 g/mol. The summed E-state index contributed by atoms with van der Waals surface area (Å²) < 4.78 is 12.6. The number of carbonyl (C=O) groups is 2. The highest BCUT2D eigenvalue weighted by molar-refractivity contribution is 9.10. The Balaban J connectivity index is 1.51. The largest absolute Gasteiger partial charge is 0.486 e. The fourth-order valence-corrected chi connectivity index (χ4v) is 3.64. The van der Waals surface area contributed by atoms with Crippen molar-refractivity contribution in [3.8, 4) is 11.5 Å². The molecule has 1 aliphatic heterocycles. The van der Waals surface area contributed by atoms with Crippen LogP contribution in [0.15, 0.2) is 77.3 Å². The zero-order chi connectivity index (χ0) is 21.1. The molecule has 0 fully saturated rings. The molecule has 0 saturated heterocycles. The summed E-state index contributed by atoms with van der Waals surface area (Å²) in [5.41, 5.74) is 1.27. The van der Waals surface area contributed by atoms with Gasteiger partial charge in [0.25, 0.3) is 5.91 Å². The predicted octanol–water partition coefficient (Wildman–Crippen LogP) is 4.59. The number of ketones is 1. The molecule has 5 nitrogen and oxygen atoms in total. The van der Waals surface area contributed by atoms with Gasteiger partial charge in [-0.15, -0.1) is 0 Å². The van der Waals surface area contributed by atoms with Gasteiger partial charge < -0.3 is 14.4 Å². The van der Waals surface area contributed by atoms with Crippen LogP contribution >= 0.6 is 15.9 Å². The van der Waals surface area contributed by atoms with Gasteiger partial charge >= 0.3 is 0 Å². The number of hydrogen-bond acceptors (Lipinski definition) is 4. The molecule has 0 aliphatic carbocycles. The third kappa shape index (κ3) is 4.24. The number of fused-ring (bicyclic) bond motifs is 1. The molecule has 152 valence electrons. The van der Waals surface area contributed by atoms with Crippen LogP contribution < -0.4 is 9.47 Å². The number of amides is 1. The molecule has 0 bridgehead atoms. The van der Waals surface area contributed by atoms with Crippen LogP contribution in [0.25, 0.3) is 0 Å². The van der Waals surface area contributed by atoms with Gasteiger partial charge in [0.2, 0.25) is 0 Å². The van der Waals surface area contributed by atoms with Gasteiger partial charge in [-0.2, -0.15) is 0 Å². The van der Waals surface area contributed by atoms with Crippen molar-refractivity contribution in [3.63, 3.8) is 0 Å². The van der Waals surface area contributed by atoms with E-state index in [0.717, 1.165) is 4.47 Å². The minimum atomic E-state index is -0.289. The van der Waals surface area contributed by atoms with E-state index >= 15 is 0 Å². The Morgan fingerprint density at radius 3 is 2.30 bits per heavy atom. The van der Waals surface area contributed by atoms with Crippen molar-refractivity contribution in [1.29, 1.82) is 0 Å². The molecule has 6 heteroatoms. The van der Waals surface area contributed by atoms with Crippen molar-refractivity contribution >= 4 is 27.6 Å². The number of rotatable bonds is 5. The zero-order valence-electron chi connectivity index (χ0n) is 16.4. The van der Waals surface area contributed by atoms with Gasteiger partial charge in [0.05, 0.1) is 12.1 Å². The van der Waals surface area contributed by atoms with Crippen molar-refractivity contribution in [3.05, 3.63) is 94.0 Å². The minimum absolute atomic E-state index is 0.189. The Hall–Kier alpha value is -3.12. The van der Waals surface area contributed by atoms with Gasteiger partial charge in [0, 0.05) is 22.6 Å². The highest BCUT2D eigenvalue weighted by atomic mass is 79.9. The van der Waals surface area contributed by atoms with Gasteiger partial charge in [-0.25, -0.2) is 0 Å². The lowest BCUT2D eigenvalue weighted by atomic mass is 9.97. The van der Waals surface area contributed by atoms with Crippen LogP contribution in [0, 0.1) is 0 Å². The monoisotopic (exact) mass is 465 g/mol. The van der Waals surface area contributed by atoms with Gasteiger partial charge in [0.15, 0.2) is 23.4 Å². The number of carbonyl (C=O) groups excluding carboxylic acids is 2. The molecule has 30 heavy (non-hydrogen) atoms. The maximum Gasteiger partial charge on any atom is 0.254 e. The number of halogens is 1. The van der Waals surface area contributed by atoms with Crippen molar-refractivity contribution < 1.29 is 19.1 Å². The second-order valence-corrected chi connectivity index (χ2v) is 7.98. The molecule has 0 aromatic heterocycles. The Bertz CT molecular complexity index is 1080. The third-order valence-electron chi connectivity index (χ3n) is 4.90. The van der Waals surface area contributed by atoms with Gasteiger partial charge in [0.1, 0.15) is 6.61 Å². The molecule has 4 rings (SSSR count). The van der Waals surface area contributed by atoms with Crippen LogP contribution in [0.3, 0.4) is 0 Å². The molecule has 0 unspecified atom stereocenters. The molecule has 0 spiro atoms. The third-order valence-corrected chi connectivity index (χ3v) is 5.43. The van der Waals surface area contributed by atoms with E-state index < -0.39 is 0 Å². The average Bonchev–Trinajstić information content (AvgIpc) is 2.78. The van der Waals surface area contributed by atoms with E-state index in [1.165, 1.54) is 0 Å². The highest BCUT2D eigenvalue weighted by Crippen LogP contribution is 2.31. The lowest BCUT2D eigenvalue weighted by Crippen LogP contribution is -2.42. The van der Waals surface area contributed by atoms with Crippen LogP contribution in [0.2, 0.25) is 0 Å². The van der Waals surface area contributed by atoms with Crippen LogP contribution in [0.1, 0.15) is 26.3 Å². The normalized spacial score (nSPS) is 14.8. The molecule has 1 atom stereocenters. The first kappa shape index (κ1) is 20.2. The summed E-state index contributed by atoms with van der Waals surface area (Å²) in [6, 6.07) is 21.4. The number of ether oxygens (including phenoxy) is 2. The van der Waals surface area contributed by atoms with E-state index in [2.05, 4.69) is 15.9 Å². The highest BCUT2D eigenvalue weighted by Gasteiger charge is 2.26. The molecule has 1 heterocycles. The van der Waals surface area contributed by atoms with Crippen LogP contribution in [0.4, 0.5) is 0 Å². The molecular formula is C24H20BrNO4. The second-order valence-electron chi connectivity index (χ2n) is 7.06.